The lowest BCUT2D eigenvalue weighted by Crippen LogP contribution is -1.95. The zero-order valence-corrected chi connectivity index (χ0v) is 11.8. The lowest BCUT2D eigenvalue weighted by molar-refractivity contribution is 0.112. The SMILES string of the molecule is CCCOc1ccc(C=O)c2cc(-c3ccccc3)oc12. The Hall–Kier alpha value is -2.55. The van der Waals surface area contributed by atoms with Gasteiger partial charge in [-0.1, -0.05) is 37.3 Å². The van der Waals surface area contributed by atoms with Gasteiger partial charge < -0.3 is 9.15 Å². The van der Waals surface area contributed by atoms with Crippen molar-refractivity contribution >= 4 is 17.3 Å². The average Bonchev–Trinajstić information content (AvgIpc) is 2.99. The number of rotatable bonds is 5. The van der Waals surface area contributed by atoms with Crippen molar-refractivity contribution < 1.29 is 13.9 Å². The molecule has 3 aromatic rings. The number of hydrogen-bond donors (Lipinski definition) is 0. The maximum atomic E-state index is 11.2. The van der Waals surface area contributed by atoms with Gasteiger partial charge in [0.1, 0.15) is 5.76 Å². The van der Waals surface area contributed by atoms with Crippen LogP contribution >= 0.6 is 0 Å². The number of ether oxygens (including phenoxy) is 1. The summed E-state index contributed by atoms with van der Waals surface area (Å²) in [7, 11) is 0. The second kappa shape index (κ2) is 5.83. The van der Waals surface area contributed by atoms with E-state index in [-0.39, 0.29) is 0 Å². The summed E-state index contributed by atoms with van der Waals surface area (Å²) in [5.74, 6) is 1.42. The summed E-state index contributed by atoms with van der Waals surface area (Å²) < 4.78 is 11.6. The Balaban J connectivity index is 2.15. The first-order valence-corrected chi connectivity index (χ1v) is 7.03. The number of carbonyl (C=O) groups excluding carboxylic acids is 1. The first kappa shape index (κ1) is 13.4. The lowest BCUT2D eigenvalue weighted by atomic mass is 10.1. The molecule has 3 nitrogen and oxygen atoms in total. The van der Waals surface area contributed by atoms with Gasteiger partial charge in [-0.2, -0.15) is 0 Å². The van der Waals surface area contributed by atoms with Crippen LogP contribution in [0.1, 0.15) is 23.7 Å². The van der Waals surface area contributed by atoms with Crippen LogP contribution < -0.4 is 4.74 Å². The number of hydrogen-bond acceptors (Lipinski definition) is 3. The molecule has 21 heavy (non-hydrogen) atoms. The van der Waals surface area contributed by atoms with Crippen molar-refractivity contribution in [2.75, 3.05) is 6.61 Å². The van der Waals surface area contributed by atoms with Crippen LogP contribution in [0.2, 0.25) is 0 Å². The average molecular weight is 280 g/mol. The largest absolute Gasteiger partial charge is 0.490 e. The molecule has 0 saturated carbocycles. The number of furan rings is 1. The molecule has 3 heteroatoms. The van der Waals surface area contributed by atoms with E-state index < -0.39 is 0 Å². The number of fused-ring (bicyclic) bond motifs is 1. The third kappa shape index (κ3) is 2.55. The van der Waals surface area contributed by atoms with Gasteiger partial charge in [0.25, 0.3) is 0 Å². The maximum Gasteiger partial charge on any atom is 0.177 e. The van der Waals surface area contributed by atoms with Gasteiger partial charge in [-0.05, 0) is 24.6 Å². The minimum Gasteiger partial charge on any atom is -0.490 e. The normalized spacial score (nSPS) is 10.7. The second-order valence-electron chi connectivity index (χ2n) is 4.84. The highest BCUT2D eigenvalue weighted by Crippen LogP contribution is 2.35. The molecule has 0 N–H and O–H groups in total. The fourth-order valence-corrected chi connectivity index (χ4v) is 2.29. The van der Waals surface area contributed by atoms with Crippen LogP contribution in [0, 0.1) is 0 Å². The first-order chi connectivity index (χ1) is 10.3. The predicted molar refractivity (Wildman–Crippen MR) is 82.8 cm³/mol. The molecule has 106 valence electrons. The van der Waals surface area contributed by atoms with Crippen molar-refractivity contribution in [2.45, 2.75) is 13.3 Å². The Morgan fingerprint density at radius 3 is 2.67 bits per heavy atom. The van der Waals surface area contributed by atoms with Gasteiger partial charge in [-0.3, -0.25) is 4.79 Å². The summed E-state index contributed by atoms with van der Waals surface area (Å²) >= 11 is 0. The van der Waals surface area contributed by atoms with Gasteiger partial charge in [-0.25, -0.2) is 0 Å². The molecular formula is C18H16O3. The smallest absolute Gasteiger partial charge is 0.177 e. The molecule has 0 radical (unpaired) electrons. The second-order valence-corrected chi connectivity index (χ2v) is 4.84. The van der Waals surface area contributed by atoms with Gasteiger partial charge in [0.05, 0.1) is 6.61 Å². The van der Waals surface area contributed by atoms with Gasteiger partial charge in [0, 0.05) is 16.5 Å². The first-order valence-electron chi connectivity index (χ1n) is 7.03. The molecule has 2 aromatic carbocycles. The molecule has 1 heterocycles. The molecule has 0 amide bonds. The third-order valence-electron chi connectivity index (χ3n) is 3.33. The van der Waals surface area contributed by atoms with Crippen molar-refractivity contribution in [1.29, 1.82) is 0 Å². The zero-order valence-electron chi connectivity index (χ0n) is 11.8. The lowest BCUT2D eigenvalue weighted by Gasteiger charge is -2.05. The van der Waals surface area contributed by atoms with Crippen molar-refractivity contribution in [3.8, 4) is 17.1 Å². The van der Waals surface area contributed by atoms with Crippen LogP contribution in [0.25, 0.3) is 22.3 Å². The molecule has 3 rings (SSSR count). The van der Waals surface area contributed by atoms with Crippen molar-refractivity contribution in [2.24, 2.45) is 0 Å². The van der Waals surface area contributed by atoms with Crippen LogP contribution in [0.4, 0.5) is 0 Å². The maximum absolute atomic E-state index is 11.2. The molecule has 0 unspecified atom stereocenters. The summed E-state index contributed by atoms with van der Waals surface area (Å²) in [6.45, 7) is 2.67. The molecule has 0 atom stereocenters. The van der Waals surface area contributed by atoms with E-state index in [4.69, 9.17) is 9.15 Å². The number of benzene rings is 2. The molecule has 0 aliphatic carbocycles. The minimum atomic E-state index is 0.611. The Kier molecular flexibility index (Phi) is 3.73. The zero-order chi connectivity index (χ0) is 14.7. The Morgan fingerprint density at radius 2 is 1.95 bits per heavy atom. The molecule has 0 aliphatic heterocycles. The van der Waals surface area contributed by atoms with Gasteiger partial charge >= 0.3 is 0 Å². The Bertz CT molecular complexity index is 757. The van der Waals surface area contributed by atoms with Crippen LogP contribution in [-0.2, 0) is 0 Å². The third-order valence-corrected chi connectivity index (χ3v) is 3.33. The minimum absolute atomic E-state index is 0.611. The van der Waals surface area contributed by atoms with E-state index in [1.807, 2.05) is 36.4 Å². The predicted octanol–water partition coefficient (Wildman–Crippen LogP) is 4.70. The van der Waals surface area contributed by atoms with Crippen LogP contribution in [0.3, 0.4) is 0 Å². The van der Waals surface area contributed by atoms with Gasteiger partial charge in [-0.15, -0.1) is 0 Å². The Morgan fingerprint density at radius 1 is 1.14 bits per heavy atom. The molecule has 0 fully saturated rings. The van der Waals surface area contributed by atoms with Crippen molar-refractivity contribution in [1.82, 2.24) is 0 Å². The highest BCUT2D eigenvalue weighted by molar-refractivity contribution is 6.00. The highest BCUT2D eigenvalue weighted by atomic mass is 16.5. The molecular weight excluding hydrogens is 264 g/mol. The number of carbonyl (C=O) groups is 1. The van der Waals surface area contributed by atoms with E-state index in [9.17, 15) is 4.79 Å². The van der Waals surface area contributed by atoms with Crippen LogP contribution in [0.5, 0.6) is 5.75 Å². The fourth-order valence-electron chi connectivity index (χ4n) is 2.29. The van der Waals surface area contributed by atoms with E-state index in [1.165, 1.54) is 0 Å². The summed E-state index contributed by atoms with van der Waals surface area (Å²) in [5.41, 5.74) is 2.22. The molecule has 1 aromatic heterocycles. The quantitative estimate of drug-likeness (QED) is 0.636. The van der Waals surface area contributed by atoms with Crippen LogP contribution in [0.15, 0.2) is 52.9 Å². The van der Waals surface area contributed by atoms with Crippen molar-refractivity contribution in [3.05, 3.63) is 54.1 Å². The summed E-state index contributed by atoms with van der Waals surface area (Å²) in [4.78, 5) is 11.2. The highest BCUT2D eigenvalue weighted by Gasteiger charge is 2.14. The summed E-state index contributed by atoms with van der Waals surface area (Å²) in [6.07, 6.45) is 1.76. The Labute approximate surface area is 123 Å². The molecule has 0 bridgehead atoms. The fraction of sp³-hybridized carbons (Fsp3) is 0.167. The topological polar surface area (TPSA) is 39.4 Å². The van der Waals surface area contributed by atoms with Crippen molar-refractivity contribution in [3.63, 3.8) is 0 Å². The molecule has 0 saturated heterocycles. The van der Waals surface area contributed by atoms with Gasteiger partial charge in [0.2, 0.25) is 0 Å². The van der Waals surface area contributed by atoms with E-state index in [0.29, 0.717) is 23.5 Å². The standard InChI is InChI=1S/C18H16O3/c1-2-10-20-16-9-8-14(12-19)15-11-17(21-18(15)16)13-6-4-3-5-7-13/h3-9,11-12H,2,10H2,1H3. The van der Waals surface area contributed by atoms with E-state index in [2.05, 4.69) is 6.92 Å². The van der Waals surface area contributed by atoms with Gasteiger partial charge in [0.15, 0.2) is 17.6 Å². The van der Waals surface area contributed by atoms with Crippen LogP contribution in [-0.4, -0.2) is 12.9 Å². The number of aldehydes is 1. The summed E-state index contributed by atoms with van der Waals surface area (Å²) in [6, 6.07) is 15.3. The summed E-state index contributed by atoms with van der Waals surface area (Å²) in [5, 5.41) is 0.789. The molecule has 0 spiro atoms. The molecule has 0 aliphatic rings. The monoisotopic (exact) mass is 280 g/mol. The van der Waals surface area contributed by atoms with E-state index in [0.717, 1.165) is 29.4 Å². The van der Waals surface area contributed by atoms with E-state index in [1.54, 1.807) is 12.1 Å². The van der Waals surface area contributed by atoms with E-state index >= 15 is 0 Å².